The number of carbonyl (C=O) groups is 1. The van der Waals surface area contributed by atoms with E-state index in [9.17, 15) is 4.79 Å². The van der Waals surface area contributed by atoms with Gasteiger partial charge in [0.1, 0.15) is 11.6 Å². The molecule has 1 aliphatic rings. The second-order valence-electron chi connectivity index (χ2n) is 7.13. The maximum Gasteiger partial charge on any atom is 0.262 e. The van der Waals surface area contributed by atoms with E-state index in [2.05, 4.69) is 21.7 Å². The van der Waals surface area contributed by atoms with Gasteiger partial charge in [0.15, 0.2) is 6.61 Å². The van der Waals surface area contributed by atoms with Crippen LogP contribution in [-0.4, -0.2) is 53.3 Å². The first-order valence-electron chi connectivity index (χ1n) is 10.1. The maximum absolute atomic E-state index is 12.3. The average Bonchev–Trinajstić information content (AvgIpc) is 3.10. The van der Waals surface area contributed by atoms with E-state index in [1.54, 1.807) is 12.1 Å². The van der Waals surface area contributed by atoms with Crippen molar-refractivity contribution in [2.24, 2.45) is 0 Å². The number of benzene rings is 2. The minimum Gasteiger partial charge on any atom is -0.482 e. The molecule has 4 rings (SSSR count). The summed E-state index contributed by atoms with van der Waals surface area (Å²) in [6.07, 6.45) is 0. The van der Waals surface area contributed by atoms with Crippen LogP contribution >= 0.6 is 11.6 Å². The Balaban J connectivity index is 1.44. The van der Waals surface area contributed by atoms with Crippen LogP contribution in [0.25, 0.3) is 11.0 Å². The smallest absolute Gasteiger partial charge is 0.262 e. The highest BCUT2D eigenvalue weighted by Crippen LogP contribution is 2.24. The SMILES string of the molecule is CCn1c(CN2CCOCC2)nc2cc(NC(=O)COc3ccccc3Cl)ccc21. The Hall–Kier alpha value is -2.61. The highest BCUT2D eigenvalue weighted by Gasteiger charge is 2.16. The highest BCUT2D eigenvalue weighted by atomic mass is 35.5. The number of nitrogens with one attached hydrogen (secondary N) is 1. The number of anilines is 1. The van der Waals surface area contributed by atoms with Crippen molar-refractivity contribution in [3.8, 4) is 5.75 Å². The van der Waals surface area contributed by atoms with Gasteiger partial charge in [-0.15, -0.1) is 0 Å². The Kier molecular flexibility index (Phi) is 6.52. The van der Waals surface area contributed by atoms with Gasteiger partial charge in [-0.25, -0.2) is 4.98 Å². The number of hydrogen-bond acceptors (Lipinski definition) is 5. The van der Waals surface area contributed by atoms with Crippen LogP contribution in [0.15, 0.2) is 42.5 Å². The second-order valence-corrected chi connectivity index (χ2v) is 7.54. The summed E-state index contributed by atoms with van der Waals surface area (Å²) < 4.78 is 13.2. The molecule has 1 N–H and O–H groups in total. The zero-order valence-electron chi connectivity index (χ0n) is 16.9. The van der Waals surface area contributed by atoms with Gasteiger partial charge in [-0.1, -0.05) is 23.7 Å². The van der Waals surface area contributed by atoms with E-state index in [1.165, 1.54) is 0 Å². The van der Waals surface area contributed by atoms with E-state index in [0.29, 0.717) is 16.5 Å². The third-order valence-electron chi connectivity index (χ3n) is 5.09. The molecule has 0 spiro atoms. The predicted octanol–water partition coefficient (Wildman–Crippen LogP) is 3.56. The predicted molar refractivity (Wildman–Crippen MR) is 117 cm³/mol. The number of halogens is 1. The molecule has 30 heavy (non-hydrogen) atoms. The summed E-state index contributed by atoms with van der Waals surface area (Å²) in [5.74, 6) is 1.26. The van der Waals surface area contributed by atoms with Gasteiger partial charge in [0.05, 0.1) is 35.8 Å². The molecular weight excluding hydrogens is 404 g/mol. The summed E-state index contributed by atoms with van der Waals surface area (Å²) in [6, 6.07) is 12.9. The Morgan fingerprint density at radius 3 is 2.80 bits per heavy atom. The van der Waals surface area contributed by atoms with Gasteiger partial charge in [0, 0.05) is 25.3 Å². The van der Waals surface area contributed by atoms with Crippen molar-refractivity contribution in [2.75, 3.05) is 38.2 Å². The number of aromatic nitrogens is 2. The first-order valence-corrected chi connectivity index (χ1v) is 10.5. The minimum atomic E-state index is -0.252. The Labute approximate surface area is 180 Å². The summed E-state index contributed by atoms with van der Waals surface area (Å²) in [6.45, 7) is 6.99. The zero-order chi connectivity index (χ0) is 20.9. The number of nitrogens with zero attached hydrogens (tertiary/aromatic N) is 3. The lowest BCUT2D eigenvalue weighted by Gasteiger charge is -2.26. The van der Waals surface area contributed by atoms with Gasteiger partial charge in [-0.3, -0.25) is 9.69 Å². The molecule has 2 heterocycles. The molecular formula is C22H25ClN4O3. The molecule has 7 nitrogen and oxygen atoms in total. The summed E-state index contributed by atoms with van der Waals surface area (Å²) >= 11 is 6.06. The molecule has 0 bridgehead atoms. The fourth-order valence-corrected chi connectivity index (χ4v) is 3.78. The molecule has 8 heteroatoms. The van der Waals surface area contributed by atoms with Crippen LogP contribution in [0.2, 0.25) is 5.02 Å². The van der Waals surface area contributed by atoms with Gasteiger partial charge in [0.2, 0.25) is 0 Å². The van der Waals surface area contributed by atoms with Crippen LogP contribution < -0.4 is 10.1 Å². The van der Waals surface area contributed by atoms with E-state index in [0.717, 1.165) is 56.3 Å². The molecule has 3 aromatic rings. The Bertz CT molecular complexity index is 1030. The molecule has 1 saturated heterocycles. The molecule has 1 aromatic heterocycles. The topological polar surface area (TPSA) is 68.6 Å². The number of rotatable bonds is 7. The number of amides is 1. The third-order valence-corrected chi connectivity index (χ3v) is 5.40. The van der Waals surface area contributed by atoms with Crippen molar-refractivity contribution in [2.45, 2.75) is 20.0 Å². The first kappa shape index (κ1) is 20.7. The largest absolute Gasteiger partial charge is 0.482 e. The number of hydrogen-bond donors (Lipinski definition) is 1. The van der Waals surface area contributed by atoms with E-state index >= 15 is 0 Å². The second kappa shape index (κ2) is 9.47. The van der Waals surface area contributed by atoms with Crippen molar-refractivity contribution >= 4 is 34.2 Å². The fourth-order valence-electron chi connectivity index (χ4n) is 3.59. The van der Waals surface area contributed by atoms with Crippen LogP contribution in [0.5, 0.6) is 5.75 Å². The Morgan fingerprint density at radius 1 is 1.23 bits per heavy atom. The number of aryl methyl sites for hydroxylation is 1. The lowest BCUT2D eigenvalue weighted by atomic mass is 10.2. The third kappa shape index (κ3) is 4.75. The van der Waals surface area contributed by atoms with Gasteiger partial charge in [-0.05, 0) is 37.3 Å². The lowest BCUT2D eigenvalue weighted by Crippen LogP contribution is -2.36. The molecule has 1 aliphatic heterocycles. The summed E-state index contributed by atoms with van der Waals surface area (Å²) in [4.78, 5) is 19.5. The van der Waals surface area contributed by atoms with Gasteiger partial charge in [0.25, 0.3) is 5.91 Å². The van der Waals surface area contributed by atoms with Crippen molar-refractivity contribution in [1.29, 1.82) is 0 Å². The minimum absolute atomic E-state index is 0.118. The van der Waals surface area contributed by atoms with Crippen molar-refractivity contribution in [3.63, 3.8) is 0 Å². The molecule has 1 amide bonds. The zero-order valence-corrected chi connectivity index (χ0v) is 17.7. The van der Waals surface area contributed by atoms with E-state index in [4.69, 9.17) is 26.1 Å². The van der Waals surface area contributed by atoms with Gasteiger partial charge in [-0.2, -0.15) is 0 Å². The molecule has 0 saturated carbocycles. The van der Waals surface area contributed by atoms with Crippen molar-refractivity contribution < 1.29 is 14.3 Å². The van der Waals surface area contributed by atoms with Crippen LogP contribution in [0.3, 0.4) is 0 Å². The molecule has 158 valence electrons. The maximum atomic E-state index is 12.3. The van der Waals surface area contributed by atoms with E-state index in [-0.39, 0.29) is 12.5 Å². The number of carbonyl (C=O) groups excluding carboxylic acids is 1. The number of fused-ring (bicyclic) bond motifs is 1. The number of morpholine rings is 1. The number of imidazole rings is 1. The van der Waals surface area contributed by atoms with Crippen LogP contribution in [0.1, 0.15) is 12.7 Å². The summed E-state index contributed by atoms with van der Waals surface area (Å²) in [7, 11) is 0. The van der Waals surface area contributed by atoms with Gasteiger partial charge >= 0.3 is 0 Å². The van der Waals surface area contributed by atoms with Crippen LogP contribution in [0.4, 0.5) is 5.69 Å². The average molecular weight is 429 g/mol. The standard InChI is InChI=1S/C22H25ClN4O3/c1-2-27-19-8-7-16(24-22(28)15-30-20-6-4-3-5-17(20)23)13-18(19)25-21(27)14-26-9-11-29-12-10-26/h3-8,13H,2,9-12,14-15H2,1H3,(H,24,28). The van der Waals surface area contributed by atoms with Gasteiger partial charge < -0.3 is 19.4 Å². The molecule has 0 aliphatic carbocycles. The molecule has 0 radical (unpaired) electrons. The molecule has 0 unspecified atom stereocenters. The normalized spacial score (nSPS) is 14.7. The van der Waals surface area contributed by atoms with Crippen molar-refractivity contribution in [1.82, 2.24) is 14.5 Å². The Morgan fingerprint density at radius 2 is 2.03 bits per heavy atom. The quantitative estimate of drug-likeness (QED) is 0.623. The fraction of sp³-hybridized carbons (Fsp3) is 0.364. The molecule has 2 aromatic carbocycles. The summed E-state index contributed by atoms with van der Waals surface area (Å²) in [5.41, 5.74) is 2.62. The lowest BCUT2D eigenvalue weighted by molar-refractivity contribution is -0.118. The molecule has 0 atom stereocenters. The number of ether oxygens (including phenoxy) is 2. The van der Waals surface area contributed by atoms with E-state index in [1.807, 2.05) is 30.3 Å². The van der Waals surface area contributed by atoms with Crippen LogP contribution in [-0.2, 0) is 22.6 Å². The first-order chi connectivity index (χ1) is 14.6. The summed E-state index contributed by atoms with van der Waals surface area (Å²) in [5, 5.41) is 3.35. The van der Waals surface area contributed by atoms with Crippen LogP contribution in [0, 0.1) is 0 Å². The van der Waals surface area contributed by atoms with Crippen molar-refractivity contribution in [3.05, 3.63) is 53.3 Å². The monoisotopic (exact) mass is 428 g/mol. The van der Waals surface area contributed by atoms with E-state index < -0.39 is 0 Å². The number of para-hydroxylation sites is 1. The molecule has 1 fully saturated rings. The highest BCUT2D eigenvalue weighted by molar-refractivity contribution is 6.32.